The Balaban J connectivity index is 1.72. The van der Waals surface area contributed by atoms with Crippen LogP contribution in [0, 0.1) is 5.92 Å². The summed E-state index contributed by atoms with van der Waals surface area (Å²) in [5, 5.41) is 4.87. The van der Waals surface area contributed by atoms with Gasteiger partial charge >= 0.3 is 0 Å². The molecule has 0 bridgehead atoms. The Kier molecular flexibility index (Phi) is 4.48. The van der Waals surface area contributed by atoms with E-state index in [1.807, 2.05) is 11.3 Å². The van der Waals surface area contributed by atoms with Crippen LogP contribution in [0.25, 0.3) is 0 Å². The fourth-order valence-corrected chi connectivity index (χ4v) is 4.25. The maximum Gasteiger partial charge on any atom is 0.110 e. The summed E-state index contributed by atoms with van der Waals surface area (Å²) in [6, 6.07) is 0.341. The second-order valence-electron chi connectivity index (χ2n) is 5.32. The highest BCUT2D eigenvalue weighted by molar-refractivity contribution is 7.11. The van der Waals surface area contributed by atoms with E-state index >= 15 is 0 Å². The van der Waals surface area contributed by atoms with Crippen LogP contribution in [0.1, 0.15) is 34.5 Å². The molecule has 1 N–H and O–H groups in total. The number of hydrogen-bond donors (Lipinski definition) is 1. The Labute approximate surface area is 118 Å². The first kappa shape index (κ1) is 13.5. The van der Waals surface area contributed by atoms with Gasteiger partial charge in [-0.3, -0.25) is 0 Å². The van der Waals surface area contributed by atoms with E-state index in [9.17, 15) is 0 Å². The minimum Gasteiger partial charge on any atom is -0.383 e. The van der Waals surface area contributed by atoms with Crippen molar-refractivity contribution in [3.63, 3.8) is 0 Å². The lowest BCUT2D eigenvalue weighted by Crippen LogP contribution is -2.31. The van der Waals surface area contributed by atoms with E-state index in [2.05, 4.69) is 5.32 Å². The molecule has 1 fully saturated rings. The molecule has 0 aromatic carbocycles. The summed E-state index contributed by atoms with van der Waals surface area (Å²) in [4.78, 5) is 6.38. The number of ether oxygens (including phenoxy) is 2. The van der Waals surface area contributed by atoms with Crippen LogP contribution < -0.4 is 5.32 Å². The molecule has 0 radical (unpaired) electrons. The maximum absolute atomic E-state index is 5.55. The molecule has 2 atom stereocenters. The molecule has 0 amide bonds. The molecule has 0 saturated carbocycles. The Bertz CT molecular complexity index is 394. The third-order valence-corrected chi connectivity index (χ3v) is 5.23. The smallest absolute Gasteiger partial charge is 0.110 e. The van der Waals surface area contributed by atoms with Crippen LogP contribution in [0.3, 0.4) is 0 Å². The molecule has 19 heavy (non-hydrogen) atoms. The highest BCUT2D eigenvalue weighted by atomic mass is 32.1. The Hall–Kier alpha value is -0.490. The molecule has 5 heteroatoms. The van der Waals surface area contributed by atoms with Crippen LogP contribution in [0.4, 0.5) is 0 Å². The Morgan fingerprint density at radius 3 is 3.21 bits per heavy atom. The second-order valence-corrected chi connectivity index (χ2v) is 6.44. The summed E-state index contributed by atoms with van der Waals surface area (Å²) in [6.45, 7) is 3.37. The van der Waals surface area contributed by atoms with E-state index in [-0.39, 0.29) is 0 Å². The van der Waals surface area contributed by atoms with Crippen molar-refractivity contribution >= 4 is 11.3 Å². The van der Waals surface area contributed by atoms with Crippen LogP contribution in [0.15, 0.2) is 0 Å². The molecule has 1 saturated heterocycles. The molecule has 3 rings (SSSR count). The summed E-state index contributed by atoms with van der Waals surface area (Å²) < 4.78 is 10.7. The second kappa shape index (κ2) is 6.31. The van der Waals surface area contributed by atoms with Crippen molar-refractivity contribution in [3.05, 3.63) is 15.6 Å². The first-order chi connectivity index (χ1) is 9.38. The molecule has 2 aliphatic rings. The summed E-state index contributed by atoms with van der Waals surface area (Å²) in [6.07, 6.45) is 4.80. The number of hydrogen-bond acceptors (Lipinski definition) is 5. The van der Waals surface area contributed by atoms with Gasteiger partial charge in [0.05, 0.1) is 24.9 Å². The summed E-state index contributed by atoms with van der Waals surface area (Å²) in [7, 11) is 1.74. The van der Waals surface area contributed by atoms with Gasteiger partial charge in [-0.2, -0.15) is 0 Å². The molecule has 1 aliphatic heterocycles. The van der Waals surface area contributed by atoms with Crippen molar-refractivity contribution < 1.29 is 9.47 Å². The van der Waals surface area contributed by atoms with Crippen molar-refractivity contribution in [2.45, 2.75) is 31.7 Å². The molecule has 106 valence electrons. The van der Waals surface area contributed by atoms with Gasteiger partial charge in [0.1, 0.15) is 5.01 Å². The molecule has 1 aromatic heterocycles. The third kappa shape index (κ3) is 2.99. The lowest BCUT2D eigenvalue weighted by Gasteiger charge is -2.21. The predicted molar refractivity (Wildman–Crippen MR) is 75.7 cm³/mol. The van der Waals surface area contributed by atoms with Gasteiger partial charge in [-0.1, -0.05) is 0 Å². The van der Waals surface area contributed by atoms with Crippen molar-refractivity contribution in [1.82, 2.24) is 10.3 Å². The zero-order valence-electron chi connectivity index (χ0n) is 11.5. The van der Waals surface area contributed by atoms with Crippen LogP contribution in [-0.2, 0) is 22.3 Å². The summed E-state index contributed by atoms with van der Waals surface area (Å²) in [5.74, 6) is 0.558. The van der Waals surface area contributed by atoms with Gasteiger partial charge in [0.2, 0.25) is 0 Å². The maximum atomic E-state index is 5.55. The SMILES string of the molecule is COCCNC(c1nc2c(s1)CCC2)C1CCOC1. The molecular weight excluding hydrogens is 260 g/mol. The van der Waals surface area contributed by atoms with Crippen molar-refractivity contribution in [1.29, 1.82) is 0 Å². The average Bonchev–Trinajstić information content (AvgIpc) is 3.10. The lowest BCUT2D eigenvalue weighted by molar-refractivity contribution is 0.168. The number of rotatable bonds is 6. The normalized spacial score (nSPS) is 23.7. The number of aromatic nitrogens is 1. The molecule has 0 spiro atoms. The fourth-order valence-electron chi connectivity index (χ4n) is 2.93. The van der Waals surface area contributed by atoms with E-state index < -0.39 is 0 Å². The van der Waals surface area contributed by atoms with E-state index in [4.69, 9.17) is 14.5 Å². The molecule has 2 heterocycles. The summed E-state index contributed by atoms with van der Waals surface area (Å²) in [5.41, 5.74) is 1.34. The van der Waals surface area contributed by atoms with Gasteiger partial charge in [0.25, 0.3) is 0 Å². The topological polar surface area (TPSA) is 43.4 Å². The molecule has 1 aromatic rings. The van der Waals surface area contributed by atoms with E-state index in [0.717, 1.165) is 39.2 Å². The zero-order chi connectivity index (χ0) is 13.1. The minimum atomic E-state index is 0.341. The van der Waals surface area contributed by atoms with E-state index in [1.54, 1.807) is 7.11 Å². The van der Waals surface area contributed by atoms with Crippen LogP contribution in [0.2, 0.25) is 0 Å². The van der Waals surface area contributed by atoms with Gasteiger partial charge in [-0.05, 0) is 25.7 Å². The highest BCUT2D eigenvalue weighted by Crippen LogP contribution is 2.35. The average molecular weight is 282 g/mol. The molecular formula is C14H22N2O2S. The van der Waals surface area contributed by atoms with E-state index in [1.165, 1.54) is 28.4 Å². The quantitative estimate of drug-likeness (QED) is 0.810. The van der Waals surface area contributed by atoms with Crippen molar-refractivity contribution in [3.8, 4) is 0 Å². The Morgan fingerprint density at radius 2 is 2.47 bits per heavy atom. The Morgan fingerprint density at radius 1 is 1.53 bits per heavy atom. The van der Waals surface area contributed by atoms with Crippen molar-refractivity contribution in [2.75, 3.05) is 33.5 Å². The van der Waals surface area contributed by atoms with Crippen LogP contribution in [0.5, 0.6) is 0 Å². The van der Waals surface area contributed by atoms with E-state index in [0.29, 0.717) is 12.0 Å². The molecule has 1 aliphatic carbocycles. The summed E-state index contributed by atoms with van der Waals surface area (Å²) >= 11 is 1.91. The van der Waals surface area contributed by atoms with Gasteiger partial charge in [-0.25, -0.2) is 4.98 Å². The minimum absolute atomic E-state index is 0.341. The standard InChI is InChI=1S/C14H22N2O2S/c1-17-8-6-15-13(10-5-7-18-9-10)14-16-11-3-2-4-12(11)19-14/h10,13,15H,2-9H2,1H3. The third-order valence-electron chi connectivity index (χ3n) is 3.99. The first-order valence-electron chi connectivity index (χ1n) is 7.17. The first-order valence-corrected chi connectivity index (χ1v) is 7.98. The number of aryl methyl sites for hydroxylation is 2. The number of nitrogens with one attached hydrogen (secondary N) is 1. The number of fused-ring (bicyclic) bond motifs is 1. The van der Waals surface area contributed by atoms with Gasteiger partial charge in [0.15, 0.2) is 0 Å². The fraction of sp³-hybridized carbons (Fsp3) is 0.786. The highest BCUT2D eigenvalue weighted by Gasteiger charge is 2.30. The molecule has 2 unspecified atom stereocenters. The largest absolute Gasteiger partial charge is 0.383 e. The molecule has 4 nitrogen and oxygen atoms in total. The van der Waals surface area contributed by atoms with Gasteiger partial charge in [-0.15, -0.1) is 11.3 Å². The predicted octanol–water partition coefficient (Wildman–Crippen LogP) is 1.95. The van der Waals surface area contributed by atoms with Gasteiger partial charge in [0, 0.05) is 31.1 Å². The van der Waals surface area contributed by atoms with Crippen LogP contribution >= 0.6 is 11.3 Å². The number of methoxy groups -OCH3 is 1. The van der Waals surface area contributed by atoms with Crippen LogP contribution in [-0.4, -0.2) is 38.5 Å². The monoisotopic (exact) mass is 282 g/mol. The van der Waals surface area contributed by atoms with Crippen molar-refractivity contribution in [2.24, 2.45) is 5.92 Å². The zero-order valence-corrected chi connectivity index (χ0v) is 12.3. The number of thiazole rings is 1. The van der Waals surface area contributed by atoms with Gasteiger partial charge < -0.3 is 14.8 Å². The number of nitrogens with zero attached hydrogens (tertiary/aromatic N) is 1. The lowest BCUT2D eigenvalue weighted by atomic mass is 9.99.